The molecular weight excluding hydrogens is 308 g/mol. The molecule has 1 aromatic heterocycles. The highest BCUT2D eigenvalue weighted by Gasteiger charge is 2.30. The van der Waals surface area contributed by atoms with E-state index in [9.17, 15) is 4.79 Å². The quantitative estimate of drug-likeness (QED) is 0.903. The van der Waals surface area contributed by atoms with Gasteiger partial charge in [-0.2, -0.15) is 0 Å². The highest BCUT2D eigenvalue weighted by atomic mass is 79.9. The summed E-state index contributed by atoms with van der Waals surface area (Å²) in [7, 11) is 0. The number of aromatic nitrogens is 1. The molecule has 19 heavy (non-hydrogen) atoms. The van der Waals surface area contributed by atoms with Crippen molar-refractivity contribution in [2.24, 2.45) is 0 Å². The third-order valence-electron chi connectivity index (χ3n) is 3.85. The summed E-state index contributed by atoms with van der Waals surface area (Å²) in [5.41, 5.74) is 1.15. The van der Waals surface area contributed by atoms with Crippen molar-refractivity contribution in [2.45, 2.75) is 18.9 Å². The van der Waals surface area contributed by atoms with Gasteiger partial charge in [0.25, 0.3) is 0 Å². The van der Waals surface area contributed by atoms with Crippen molar-refractivity contribution in [1.82, 2.24) is 15.2 Å². The number of nitrogens with one attached hydrogen (secondary N) is 1. The van der Waals surface area contributed by atoms with Crippen LogP contribution in [0.2, 0.25) is 0 Å². The maximum Gasteiger partial charge on any atom is 0.317 e. The van der Waals surface area contributed by atoms with E-state index in [-0.39, 0.29) is 6.03 Å². The van der Waals surface area contributed by atoms with Gasteiger partial charge in [-0.15, -0.1) is 0 Å². The largest absolute Gasteiger partial charge is 0.370 e. The minimum Gasteiger partial charge on any atom is -0.370 e. The number of carbonyl (C=O) groups is 1. The number of hydrogen-bond donors (Lipinski definition) is 1. The van der Waals surface area contributed by atoms with Gasteiger partial charge in [-0.1, -0.05) is 0 Å². The van der Waals surface area contributed by atoms with Crippen LogP contribution < -0.4 is 10.2 Å². The molecule has 2 fully saturated rings. The first-order valence-electron chi connectivity index (χ1n) is 6.64. The molecule has 0 unspecified atom stereocenters. The van der Waals surface area contributed by atoms with Gasteiger partial charge in [0.05, 0.1) is 11.9 Å². The Hall–Kier alpha value is -1.30. The summed E-state index contributed by atoms with van der Waals surface area (Å²) in [6.07, 6.45) is 5.75. The van der Waals surface area contributed by atoms with Crippen LogP contribution in [0.15, 0.2) is 22.9 Å². The summed E-state index contributed by atoms with van der Waals surface area (Å²) >= 11 is 3.45. The first-order valence-corrected chi connectivity index (χ1v) is 7.43. The van der Waals surface area contributed by atoms with Crippen LogP contribution in [-0.4, -0.2) is 48.1 Å². The Balaban J connectivity index is 1.61. The van der Waals surface area contributed by atoms with Gasteiger partial charge in [-0.3, -0.25) is 4.98 Å². The predicted octanol–water partition coefficient (Wildman–Crippen LogP) is 1.84. The molecule has 3 rings (SSSR count). The van der Waals surface area contributed by atoms with Gasteiger partial charge in [0, 0.05) is 42.9 Å². The van der Waals surface area contributed by atoms with Crippen molar-refractivity contribution in [3.8, 4) is 0 Å². The molecule has 0 atom stereocenters. The smallest absolute Gasteiger partial charge is 0.317 e. The summed E-state index contributed by atoms with van der Waals surface area (Å²) in [4.78, 5) is 20.2. The van der Waals surface area contributed by atoms with Crippen LogP contribution in [0, 0.1) is 0 Å². The first-order chi connectivity index (χ1) is 9.24. The number of hydrogen-bond acceptors (Lipinski definition) is 3. The Morgan fingerprint density at radius 1 is 1.26 bits per heavy atom. The number of piperidine rings is 1. The number of amides is 2. The Kier molecular flexibility index (Phi) is 3.59. The lowest BCUT2D eigenvalue weighted by Crippen LogP contribution is -2.46. The fraction of sp³-hybridized carbons (Fsp3) is 0.538. The van der Waals surface area contributed by atoms with Crippen LogP contribution in [-0.2, 0) is 0 Å². The van der Waals surface area contributed by atoms with E-state index in [2.05, 4.69) is 37.2 Å². The van der Waals surface area contributed by atoms with E-state index in [1.807, 2.05) is 11.1 Å². The zero-order chi connectivity index (χ0) is 13.2. The standard InChI is InChI=1S/C13H17BrN4O/c14-10-7-12(9-15-8-10)17-4-1-11(2-5-17)18-6-3-16-13(18)19/h7-9,11H,1-6H2,(H,16,19). The average molecular weight is 325 g/mol. The molecule has 2 amide bonds. The van der Waals surface area contributed by atoms with Crippen molar-refractivity contribution in [2.75, 3.05) is 31.1 Å². The van der Waals surface area contributed by atoms with Gasteiger partial charge in [-0.05, 0) is 34.8 Å². The SMILES string of the molecule is O=C1NCCN1C1CCN(c2cncc(Br)c2)CC1. The average Bonchev–Trinajstić information content (AvgIpc) is 2.85. The minimum absolute atomic E-state index is 0.0996. The van der Waals surface area contributed by atoms with E-state index < -0.39 is 0 Å². The summed E-state index contributed by atoms with van der Waals surface area (Å²) < 4.78 is 1.01. The molecule has 3 heterocycles. The number of anilines is 1. The molecule has 0 spiro atoms. The van der Waals surface area contributed by atoms with E-state index in [0.29, 0.717) is 6.04 Å². The molecule has 0 bridgehead atoms. The zero-order valence-electron chi connectivity index (χ0n) is 10.7. The molecule has 0 aliphatic carbocycles. The highest BCUT2D eigenvalue weighted by molar-refractivity contribution is 9.10. The number of pyridine rings is 1. The van der Waals surface area contributed by atoms with Gasteiger partial charge < -0.3 is 15.1 Å². The Bertz CT molecular complexity index is 473. The van der Waals surface area contributed by atoms with Crippen LogP contribution in [0.4, 0.5) is 10.5 Å². The van der Waals surface area contributed by atoms with Crippen molar-refractivity contribution < 1.29 is 4.79 Å². The van der Waals surface area contributed by atoms with Gasteiger partial charge in [-0.25, -0.2) is 4.79 Å². The number of rotatable bonds is 2. The monoisotopic (exact) mass is 324 g/mol. The van der Waals surface area contributed by atoms with Crippen LogP contribution in [0.5, 0.6) is 0 Å². The summed E-state index contributed by atoms with van der Waals surface area (Å²) in [5.74, 6) is 0. The van der Waals surface area contributed by atoms with Crippen LogP contribution in [0.25, 0.3) is 0 Å². The van der Waals surface area contributed by atoms with Crippen molar-refractivity contribution in [3.63, 3.8) is 0 Å². The number of carbonyl (C=O) groups excluding carboxylic acids is 1. The third-order valence-corrected chi connectivity index (χ3v) is 4.28. The third kappa shape index (κ3) is 2.68. The minimum atomic E-state index is 0.0996. The van der Waals surface area contributed by atoms with Gasteiger partial charge in [0.15, 0.2) is 0 Å². The maximum atomic E-state index is 11.7. The number of halogens is 1. The van der Waals surface area contributed by atoms with Crippen LogP contribution in [0.3, 0.4) is 0 Å². The zero-order valence-corrected chi connectivity index (χ0v) is 12.3. The second-order valence-corrected chi connectivity index (χ2v) is 5.92. The number of urea groups is 1. The molecule has 5 nitrogen and oxygen atoms in total. The molecule has 1 N–H and O–H groups in total. The molecule has 2 aliphatic rings. The summed E-state index contributed by atoms with van der Waals surface area (Å²) in [6.45, 7) is 3.59. The van der Waals surface area contributed by atoms with E-state index in [1.165, 1.54) is 0 Å². The van der Waals surface area contributed by atoms with E-state index >= 15 is 0 Å². The van der Waals surface area contributed by atoms with Crippen molar-refractivity contribution >= 4 is 27.6 Å². The maximum absolute atomic E-state index is 11.7. The molecule has 2 saturated heterocycles. The molecule has 0 aromatic carbocycles. The lowest BCUT2D eigenvalue weighted by Gasteiger charge is -2.37. The fourth-order valence-corrected chi connectivity index (χ4v) is 3.20. The van der Waals surface area contributed by atoms with E-state index in [1.54, 1.807) is 6.20 Å². The van der Waals surface area contributed by atoms with Gasteiger partial charge in [0.2, 0.25) is 0 Å². The number of nitrogens with zero attached hydrogens (tertiary/aromatic N) is 3. The second kappa shape index (κ2) is 5.36. The molecule has 1 aromatic rings. The van der Waals surface area contributed by atoms with Gasteiger partial charge in [0.1, 0.15) is 0 Å². The fourth-order valence-electron chi connectivity index (χ4n) is 2.84. The molecule has 6 heteroatoms. The van der Waals surface area contributed by atoms with Crippen LogP contribution >= 0.6 is 15.9 Å². The Morgan fingerprint density at radius 3 is 2.68 bits per heavy atom. The van der Waals surface area contributed by atoms with Crippen LogP contribution in [0.1, 0.15) is 12.8 Å². The molecule has 102 valence electrons. The molecule has 0 radical (unpaired) electrons. The highest BCUT2D eigenvalue weighted by Crippen LogP contribution is 2.24. The molecule has 2 aliphatic heterocycles. The lowest BCUT2D eigenvalue weighted by atomic mass is 10.0. The topological polar surface area (TPSA) is 48.5 Å². The van der Waals surface area contributed by atoms with Crippen molar-refractivity contribution in [3.05, 3.63) is 22.9 Å². The molecular formula is C13H17BrN4O. The summed E-state index contributed by atoms with van der Waals surface area (Å²) in [5, 5.41) is 2.87. The summed E-state index contributed by atoms with van der Waals surface area (Å²) in [6, 6.07) is 2.58. The van der Waals surface area contributed by atoms with E-state index in [4.69, 9.17) is 0 Å². The second-order valence-electron chi connectivity index (χ2n) is 5.00. The predicted molar refractivity (Wildman–Crippen MR) is 77.3 cm³/mol. The molecule has 0 saturated carbocycles. The Morgan fingerprint density at radius 2 is 2.05 bits per heavy atom. The Labute approximate surface area is 121 Å². The normalized spacial score (nSPS) is 20.8. The van der Waals surface area contributed by atoms with Crippen molar-refractivity contribution in [1.29, 1.82) is 0 Å². The first kappa shape index (κ1) is 12.7. The van der Waals surface area contributed by atoms with Gasteiger partial charge >= 0.3 is 6.03 Å². The van der Waals surface area contributed by atoms with E-state index in [0.717, 1.165) is 49.2 Å². The lowest BCUT2D eigenvalue weighted by molar-refractivity contribution is 0.186.